The number of hydrogen-bond acceptors (Lipinski definition) is 3. The predicted molar refractivity (Wildman–Crippen MR) is 241 cm³/mol. The van der Waals surface area contributed by atoms with E-state index in [1.807, 2.05) is 36.5 Å². The third-order valence-electron chi connectivity index (χ3n) is 11.2. The van der Waals surface area contributed by atoms with Gasteiger partial charge in [0, 0.05) is 66.2 Å². The summed E-state index contributed by atoms with van der Waals surface area (Å²) >= 11 is 0. The third kappa shape index (κ3) is 7.71. The van der Waals surface area contributed by atoms with E-state index in [-0.39, 0.29) is 37.6 Å². The fourth-order valence-corrected chi connectivity index (χ4v) is 7.96. The minimum Gasteiger partial charge on any atom is -0.507 e. The van der Waals surface area contributed by atoms with Crippen LogP contribution in [0.4, 0.5) is 4.39 Å². The van der Waals surface area contributed by atoms with Gasteiger partial charge in [-0.3, -0.25) is 9.97 Å². The number of halogens is 1. The zero-order chi connectivity index (χ0) is 41.1. The van der Waals surface area contributed by atoms with Crippen molar-refractivity contribution in [3.63, 3.8) is 0 Å². The number of pyridine rings is 2. The summed E-state index contributed by atoms with van der Waals surface area (Å²) in [6, 6.07) is 54.1. The zero-order valence-electron chi connectivity index (χ0n) is 34.5. The number of phenols is 1. The van der Waals surface area contributed by atoms with Gasteiger partial charge in [-0.2, -0.15) is 0 Å². The van der Waals surface area contributed by atoms with E-state index in [1.54, 1.807) is 0 Å². The van der Waals surface area contributed by atoms with Crippen LogP contribution in [0.2, 0.25) is 0 Å². The van der Waals surface area contributed by atoms with E-state index < -0.39 is 5.82 Å². The summed E-state index contributed by atoms with van der Waals surface area (Å²) in [5.41, 5.74) is 13.5. The molecular weight excluding hydrogens is 921 g/mol. The summed E-state index contributed by atoms with van der Waals surface area (Å²) in [6.07, 6.45) is 1.86. The van der Waals surface area contributed by atoms with Gasteiger partial charge in [-0.25, -0.2) is 4.39 Å². The van der Waals surface area contributed by atoms with Crippen LogP contribution in [0.25, 0.3) is 83.5 Å². The smallest absolute Gasteiger partial charge is 0.125 e. The molecule has 0 unspecified atom stereocenters. The van der Waals surface area contributed by atoms with E-state index in [4.69, 9.17) is 9.97 Å². The van der Waals surface area contributed by atoms with Gasteiger partial charge in [0.2, 0.25) is 0 Å². The number of hydrogen-bond donors (Lipinski definition) is 1. The van der Waals surface area contributed by atoms with Crippen molar-refractivity contribution in [2.45, 2.75) is 52.4 Å². The molecule has 3 aromatic heterocycles. The molecule has 6 heteroatoms. The molecule has 4 nitrogen and oxygen atoms in total. The number of nitrogens with zero attached hydrogens (tertiary/aromatic N) is 3. The molecule has 9 aromatic rings. The monoisotopic (exact) mass is 965 g/mol. The van der Waals surface area contributed by atoms with Gasteiger partial charge in [0.1, 0.15) is 11.6 Å². The molecule has 0 aliphatic carbocycles. The predicted octanol–water partition coefficient (Wildman–Crippen LogP) is 14.1. The van der Waals surface area contributed by atoms with Crippen LogP contribution in [0.3, 0.4) is 0 Å². The molecule has 0 aliphatic heterocycles. The van der Waals surface area contributed by atoms with Crippen molar-refractivity contribution in [3.05, 3.63) is 181 Å². The number of fused-ring (bicyclic) bond motifs is 3. The van der Waals surface area contributed by atoms with Crippen LogP contribution < -0.4 is 0 Å². The Morgan fingerprint density at radius 3 is 1.90 bits per heavy atom. The fourth-order valence-electron chi connectivity index (χ4n) is 7.96. The van der Waals surface area contributed by atoms with Gasteiger partial charge >= 0.3 is 0 Å². The number of benzene rings is 6. The molecule has 0 aliphatic rings. The van der Waals surface area contributed by atoms with Crippen molar-refractivity contribution in [3.8, 4) is 67.5 Å². The molecule has 0 saturated heterocycles. The number of aromatic nitrogens is 3. The second kappa shape index (κ2) is 15.8. The third-order valence-corrected chi connectivity index (χ3v) is 11.2. The van der Waals surface area contributed by atoms with E-state index in [0.717, 1.165) is 55.8 Å². The zero-order valence-corrected chi connectivity index (χ0v) is 36.8. The first kappa shape index (κ1) is 40.6. The normalized spacial score (nSPS) is 11.8. The van der Waals surface area contributed by atoms with Crippen molar-refractivity contribution < 1.29 is 30.6 Å². The van der Waals surface area contributed by atoms with Crippen molar-refractivity contribution in [1.29, 1.82) is 0 Å². The fraction of sp³-hybridized carbons (Fsp3) is 0.148. The van der Waals surface area contributed by atoms with Crippen molar-refractivity contribution in [1.82, 2.24) is 14.5 Å². The van der Waals surface area contributed by atoms with Crippen LogP contribution in [-0.4, -0.2) is 19.6 Å². The molecule has 9 rings (SSSR count). The molecule has 0 fully saturated rings. The standard InChI is InChI=1S/C54H45FN3O.Pt/c1-53(2,3)39-27-37(28-40(32-39)54(4,5)6)38-30-48(57-49(31-38)46-33-41(55)22-23-51(46)59)36-15-12-14-35(26-36)47-29-34(24-25-56-47)43-19-13-20-45-44-18-10-11-21-50(44)58(52(43)45)42-16-8-7-9-17-42;/h7-25,27-33,59H,1-6H3;/q-1;. The van der Waals surface area contributed by atoms with Gasteiger partial charge in [0.25, 0.3) is 0 Å². The topological polar surface area (TPSA) is 50.9 Å². The van der Waals surface area contributed by atoms with Gasteiger partial charge < -0.3 is 9.67 Å². The minimum absolute atomic E-state index is 0. The van der Waals surface area contributed by atoms with Gasteiger partial charge in [0.15, 0.2) is 0 Å². The van der Waals surface area contributed by atoms with E-state index in [1.165, 1.54) is 40.1 Å². The Balaban J connectivity index is 0.00000499. The molecule has 0 amide bonds. The maximum atomic E-state index is 14.7. The number of aromatic hydroxyl groups is 1. The molecular formula is C54H45FN3OPt-. The van der Waals surface area contributed by atoms with Crippen LogP contribution in [-0.2, 0) is 31.9 Å². The molecule has 300 valence electrons. The van der Waals surface area contributed by atoms with E-state index in [2.05, 4.69) is 155 Å². The maximum Gasteiger partial charge on any atom is 0.125 e. The summed E-state index contributed by atoms with van der Waals surface area (Å²) in [5.74, 6) is -0.489. The first-order valence-electron chi connectivity index (χ1n) is 20.1. The Morgan fingerprint density at radius 1 is 0.550 bits per heavy atom. The van der Waals surface area contributed by atoms with Crippen molar-refractivity contribution in [2.24, 2.45) is 0 Å². The van der Waals surface area contributed by atoms with Crippen molar-refractivity contribution in [2.75, 3.05) is 0 Å². The van der Waals surface area contributed by atoms with Gasteiger partial charge in [-0.15, -0.1) is 24.3 Å². The molecule has 3 heterocycles. The number of para-hydroxylation sites is 3. The maximum absolute atomic E-state index is 14.7. The van der Waals surface area contributed by atoms with Gasteiger partial charge in [0.05, 0.1) is 16.7 Å². The first-order valence-corrected chi connectivity index (χ1v) is 20.1. The minimum atomic E-state index is -0.448. The molecule has 0 radical (unpaired) electrons. The molecule has 0 saturated carbocycles. The van der Waals surface area contributed by atoms with Crippen molar-refractivity contribution >= 4 is 21.8 Å². The SMILES string of the molecule is CC(C)(C)c1cc(-c2cc(-c3[c-]c(-c4cc(-c5cccc6c7ccccc7n(-c7ccccc7)c56)ccn4)ccc3)nc(-c3cc(F)ccc3O)c2)cc(C(C)(C)C)c1.[Pt]. The molecule has 0 spiro atoms. The summed E-state index contributed by atoms with van der Waals surface area (Å²) in [5, 5.41) is 13.4. The Kier molecular flexibility index (Phi) is 10.7. The second-order valence-corrected chi connectivity index (χ2v) is 17.4. The van der Waals surface area contributed by atoms with Crippen LogP contribution in [0.5, 0.6) is 5.75 Å². The number of phenolic OH excluding ortho intramolecular Hbond substituents is 1. The summed E-state index contributed by atoms with van der Waals surface area (Å²) in [4.78, 5) is 9.91. The Bertz CT molecular complexity index is 3010. The van der Waals surface area contributed by atoms with Crippen LogP contribution >= 0.6 is 0 Å². The van der Waals surface area contributed by atoms with Crippen LogP contribution in [0.1, 0.15) is 52.7 Å². The Labute approximate surface area is 365 Å². The molecule has 60 heavy (non-hydrogen) atoms. The molecule has 1 N–H and O–H groups in total. The quantitative estimate of drug-likeness (QED) is 0.169. The Hall–Kier alpha value is -6.16. The molecule has 6 aromatic carbocycles. The largest absolute Gasteiger partial charge is 0.507 e. The van der Waals surface area contributed by atoms with Crippen LogP contribution in [0.15, 0.2) is 158 Å². The second-order valence-electron chi connectivity index (χ2n) is 17.4. The average Bonchev–Trinajstić information content (AvgIpc) is 3.59. The van der Waals surface area contributed by atoms with E-state index >= 15 is 0 Å². The Morgan fingerprint density at radius 2 is 1.17 bits per heavy atom. The van der Waals surface area contributed by atoms with E-state index in [9.17, 15) is 9.50 Å². The first-order chi connectivity index (χ1) is 28.3. The molecule has 0 atom stereocenters. The summed E-state index contributed by atoms with van der Waals surface area (Å²) in [6.45, 7) is 13.3. The van der Waals surface area contributed by atoms with Gasteiger partial charge in [-0.1, -0.05) is 138 Å². The summed E-state index contributed by atoms with van der Waals surface area (Å²) in [7, 11) is 0. The summed E-state index contributed by atoms with van der Waals surface area (Å²) < 4.78 is 17.1. The van der Waals surface area contributed by atoms with Crippen LogP contribution in [0, 0.1) is 11.9 Å². The average molecular weight is 966 g/mol. The number of rotatable bonds is 6. The van der Waals surface area contributed by atoms with Gasteiger partial charge in [-0.05, 0) is 87.2 Å². The van der Waals surface area contributed by atoms with E-state index in [0.29, 0.717) is 17.0 Å². The molecule has 0 bridgehead atoms.